The van der Waals surface area contributed by atoms with Crippen LogP contribution in [0, 0.1) is 0 Å². The average molecular weight is 480 g/mol. The molecule has 3 aromatic carbocycles. The summed E-state index contributed by atoms with van der Waals surface area (Å²) in [6.45, 7) is 0.334. The number of allylic oxidation sites excluding steroid dienone is 1. The quantitative estimate of drug-likeness (QED) is 0.386. The monoisotopic (exact) mass is 479 g/mol. The lowest BCUT2D eigenvalue weighted by Gasteiger charge is -2.24. The Hall–Kier alpha value is -3.55. The van der Waals surface area contributed by atoms with Crippen molar-refractivity contribution in [3.63, 3.8) is 0 Å². The van der Waals surface area contributed by atoms with Crippen LogP contribution in [0.15, 0.2) is 72.8 Å². The highest BCUT2D eigenvalue weighted by Crippen LogP contribution is 2.36. The topological polar surface area (TPSA) is 74.1 Å². The van der Waals surface area contributed by atoms with E-state index >= 15 is 0 Å². The Morgan fingerprint density at radius 1 is 1.00 bits per heavy atom. The van der Waals surface area contributed by atoms with Gasteiger partial charge in [-0.15, -0.1) is 0 Å². The lowest BCUT2D eigenvalue weighted by Crippen LogP contribution is -2.20. The maximum atomic E-state index is 6.25. The van der Waals surface area contributed by atoms with E-state index < -0.39 is 0 Å². The summed E-state index contributed by atoms with van der Waals surface area (Å²) in [7, 11) is 1.61. The van der Waals surface area contributed by atoms with E-state index in [1.807, 2.05) is 66.7 Å². The van der Waals surface area contributed by atoms with Crippen LogP contribution < -0.4 is 14.8 Å². The number of nitrogens with one attached hydrogen (secondary N) is 1. The third-order valence-corrected chi connectivity index (χ3v) is 5.97. The van der Waals surface area contributed by atoms with E-state index in [9.17, 15) is 0 Å². The van der Waals surface area contributed by atoms with Gasteiger partial charge in [-0.05, 0) is 58.0 Å². The molecule has 1 aromatic heterocycles. The molecule has 0 spiro atoms. The van der Waals surface area contributed by atoms with Crippen LogP contribution in [-0.4, -0.2) is 27.3 Å². The normalized spacial score (nSPS) is 14.8. The molecule has 0 saturated heterocycles. The number of tetrazole rings is 1. The molecular formula is C24H19Cl2N5O2. The average Bonchev–Trinajstić information content (AvgIpc) is 3.32. The van der Waals surface area contributed by atoms with E-state index in [1.165, 1.54) is 0 Å². The highest BCUT2D eigenvalue weighted by atomic mass is 35.5. The Morgan fingerprint density at radius 3 is 2.61 bits per heavy atom. The van der Waals surface area contributed by atoms with Crippen molar-refractivity contribution in [3.05, 3.63) is 99.5 Å². The minimum absolute atomic E-state index is 0.242. The van der Waals surface area contributed by atoms with Crippen LogP contribution in [0.25, 0.3) is 5.70 Å². The number of benzene rings is 3. The molecule has 0 radical (unpaired) electrons. The fraction of sp³-hybridized carbons (Fsp3) is 0.125. The molecule has 5 rings (SSSR count). The summed E-state index contributed by atoms with van der Waals surface area (Å²) >= 11 is 12.3. The van der Waals surface area contributed by atoms with E-state index in [0.717, 1.165) is 22.4 Å². The van der Waals surface area contributed by atoms with Crippen LogP contribution in [0.5, 0.6) is 11.5 Å². The summed E-state index contributed by atoms with van der Waals surface area (Å²) in [5.41, 5.74) is 3.71. The highest BCUT2D eigenvalue weighted by molar-refractivity contribution is 6.31. The van der Waals surface area contributed by atoms with Crippen molar-refractivity contribution in [2.75, 3.05) is 12.4 Å². The van der Waals surface area contributed by atoms with Gasteiger partial charge in [0.05, 0.1) is 7.11 Å². The molecule has 2 heterocycles. The maximum Gasteiger partial charge on any atom is 0.248 e. The lowest BCUT2D eigenvalue weighted by atomic mass is 10.0. The summed E-state index contributed by atoms with van der Waals surface area (Å²) < 4.78 is 13.3. The molecule has 4 aromatic rings. The Labute approximate surface area is 200 Å². The van der Waals surface area contributed by atoms with E-state index in [-0.39, 0.29) is 6.04 Å². The summed E-state index contributed by atoms with van der Waals surface area (Å²) in [4.78, 5) is 0. The van der Waals surface area contributed by atoms with Crippen LogP contribution in [0.1, 0.15) is 22.7 Å². The second kappa shape index (κ2) is 9.13. The van der Waals surface area contributed by atoms with Crippen molar-refractivity contribution in [3.8, 4) is 11.5 Å². The van der Waals surface area contributed by atoms with Gasteiger partial charge in [0, 0.05) is 21.3 Å². The van der Waals surface area contributed by atoms with Crippen LogP contribution in [0.3, 0.4) is 0 Å². The number of anilines is 1. The van der Waals surface area contributed by atoms with Gasteiger partial charge in [-0.2, -0.15) is 4.68 Å². The molecule has 0 saturated carbocycles. The molecule has 1 N–H and O–H groups in total. The third kappa shape index (κ3) is 4.37. The fourth-order valence-electron chi connectivity index (χ4n) is 3.65. The predicted octanol–water partition coefficient (Wildman–Crippen LogP) is 5.62. The number of nitrogens with zero attached hydrogens (tertiary/aromatic N) is 4. The van der Waals surface area contributed by atoms with Gasteiger partial charge < -0.3 is 14.8 Å². The highest BCUT2D eigenvalue weighted by Gasteiger charge is 2.25. The molecule has 0 bridgehead atoms. The fourth-order valence-corrected chi connectivity index (χ4v) is 3.96. The van der Waals surface area contributed by atoms with Crippen molar-refractivity contribution in [1.82, 2.24) is 20.2 Å². The van der Waals surface area contributed by atoms with E-state index in [2.05, 4.69) is 26.9 Å². The first kappa shape index (κ1) is 21.3. The number of methoxy groups -OCH3 is 1. The van der Waals surface area contributed by atoms with Crippen LogP contribution in [0.2, 0.25) is 10.0 Å². The van der Waals surface area contributed by atoms with Gasteiger partial charge >= 0.3 is 0 Å². The molecule has 0 fully saturated rings. The molecule has 33 heavy (non-hydrogen) atoms. The minimum atomic E-state index is -0.242. The number of halogens is 2. The number of ether oxygens (including phenoxy) is 2. The first-order valence-electron chi connectivity index (χ1n) is 10.2. The number of aromatic nitrogens is 4. The van der Waals surface area contributed by atoms with Gasteiger partial charge in [0.2, 0.25) is 5.95 Å². The Bertz CT molecular complexity index is 1320. The molecule has 0 aliphatic carbocycles. The summed E-state index contributed by atoms with van der Waals surface area (Å²) in [6.07, 6.45) is 2.06. The van der Waals surface area contributed by atoms with Gasteiger partial charge in [0.25, 0.3) is 0 Å². The van der Waals surface area contributed by atoms with E-state index in [0.29, 0.717) is 34.1 Å². The van der Waals surface area contributed by atoms with Crippen molar-refractivity contribution in [1.29, 1.82) is 0 Å². The minimum Gasteiger partial charge on any atom is -0.493 e. The summed E-state index contributed by atoms with van der Waals surface area (Å²) in [5, 5.41) is 16.7. The van der Waals surface area contributed by atoms with Crippen molar-refractivity contribution < 1.29 is 9.47 Å². The number of hydrogen-bond acceptors (Lipinski definition) is 6. The van der Waals surface area contributed by atoms with Gasteiger partial charge in [-0.3, -0.25) is 0 Å². The Balaban J connectivity index is 1.46. The molecule has 1 unspecified atom stereocenters. The Kier molecular flexibility index (Phi) is 5.90. The van der Waals surface area contributed by atoms with E-state index in [1.54, 1.807) is 11.8 Å². The molecule has 1 aliphatic rings. The molecule has 7 nitrogen and oxygen atoms in total. The first-order chi connectivity index (χ1) is 16.1. The van der Waals surface area contributed by atoms with Gasteiger partial charge in [-0.25, -0.2) is 0 Å². The number of rotatable bonds is 6. The SMILES string of the molecule is COc1cc(C2C=C(c3ccc(Cl)cc3)Nc3nnnn32)ccc1OCc1ccccc1Cl. The van der Waals surface area contributed by atoms with Gasteiger partial charge in [0.1, 0.15) is 12.6 Å². The first-order valence-corrected chi connectivity index (χ1v) is 10.9. The molecule has 166 valence electrons. The molecule has 1 atom stereocenters. The summed E-state index contributed by atoms with van der Waals surface area (Å²) in [5.74, 6) is 1.77. The lowest BCUT2D eigenvalue weighted by molar-refractivity contribution is 0.284. The second-order valence-corrected chi connectivity index (χ2v) is 8.24. The predicted molar refractivity (Wildman–Crippen MR) is 128 cm³/mol. The molecule has 1 aliphatic heterocycles. The van der Waals surface area contributed by atoms with Gasteiger partial charge in [0.15, 0.2) is 11.5 Å². The van der Waals surface area contributed by atoms with Crippen LogP contribution in [-0.2, 0) is 6.61 Å². The van der Waals surface area contributed by atoms with Crippen molar-refractivity contribution in [2.24, 2.45) is 0 Å². The van der Waals surface area contributed by atoms with Crippen LogP contribution >= 0.6 is 23.2 Å². The molecule has 9 heteroatoms. The largest absolute Gasteiger partial charge is 0.493 e. The van der Waals surface area contributed by atoms with Crippen LogP contribution in [0.4, 0.5) is 5.95 Å². The van der Waals surface area contributed by atoms with Crippen molar-refractivity contribution >= 4 is 34.8 Å². The smallest absolute Gasteiger partial charge is 0.248 e. The third-order valence-electron chi connectivity index (χ3n) is 5.35. The number of fused-ring (bicyclic) bond motifs is 1. The Morgan fingerprint density at radius 2 is 1.82 bits per heavy atom. The summed E-state index contributed by atoms with van der Waals surface area (Å²) in [6, 6.07) is 20.7. The molecular weight excluding hydrogens is 461 g/mol. The zero-order valence-electron chi connectivity index (χ0n) is 17.6. The standard InChI is InChI=1S/C24H19Cl2N5O2/c1-32-23-12-16(8-11-22(23)33-14-17-4-2-3-5-19(17)26)21-13-20(15-6-9-18(25)10-7-15)27-24-28-29-30-31(21)24/h2-13,21H,14H2,1H3,(H,27,28,30). The number of hydrogen-bond donors (Lipinski definition) is 1. The second-order valence-electron chi connectivity index (χ2n) is 7.39. The van der Waals surface area contributed by atoms with E-state index in [4.69, 9.17) is 32.7 Å². The maximum absolute atomic E-state index is 6.25. The molecule has 0 amide bonds. The zero-order valence-corrected chi connectivity index (χ0v) is 19.1. The zero-order chi connectivity index (χ0) is 22.8. The van der Waals surface area contributed by atoms with Crippen molar-refractivity contribution in [2.45, 2.75) is 12.6 Å². The van der Waals surface area contributed by atoms with Gasteiger partial charge in [-0.1, -0.05) is 64.7 Å².